The summed E-state index contributed by atoms with van der Waals surface area (Å²) >= 11 is 13.6. The SMILES string of the molecule is Cc1cc(Cl)nc(Cl)c1C(=O)NCC[C@@H](C)N1CCC(N(Cc2ccsc2)C(=O)CS(C)(=O)=O)CC1. The molecule has 198 valence electrons. The Labute approximate surface area is 226 Å². The third kappa shape index (κ3) is 8.14. The van der Waals surface area contributed by atoms with Crippen LogP contribution in [0.25, 0.3) is 0 Å². The van der Waals surface area contributed by atoms with Crippen molar-refractivity contribution in [2.75, 3.05) is 31.6 Å². The Morgan fingerprint density at radius 2 is 2.00 bits per heavy atom. The highest BCUT2D eigenvalue weighted by molar-refractivity contribution is 7.91. The van der Waals surface area contributed by atoms with Gasteiger partial charge >= 0.3 is 0 Å². The van der Waals surface area contributed by atoms with Crippen LogP contribution >= 0.6 is 34.5 Å². The largest absolute Gasteiger partial charge is 0.352 e. The molecule has 3 rings (SSSR count). The Balaban J connectivity index is 1.52. The number of sulfone groups is 1. The van der Waals surface area contributed by atoms with Gasteiger partial charge in [0.1, 0.15) is 16.1 Å². The number of halogens is 2. The fourth-order valence-corrected chi connectivity index (χ4v) is 6.37. The summed E-state index contributed by atoms with van der Waals surface area (Å²) in [5, 5.41) is 7.19. The van der Waals surface area contributed by atoms with Gasteiger partial charge in [0.15, 0.2) is 9.84 Å². The third-order valence-electron chi connectivity index (χ3n) is 6.42. The van der Waals surface area contributed by atoms with Gasteiger partial charge in [0.05, 0.1) is 5.56 Å². The topological polar surface area (TPSA) is 99.7 Å². The number of hydrogen-bond donors (Lipinski definition) is 1. The molecule has 0 aromatic carbocycles. The molecule has 3 heterocycles. The first-order valence-corrected chi connectivity index (χ1v) is 15.5. The van der Waals surface area contributed by atoms with E-state index >= 15 is 0 Å². The Bertz CT molecular complexity index is 1140. The second-order valence-corrected chi connectivity index (χ2v) is 13.0. The number of piperidine rings is 1. The zero-order chi connectivity index (χ0) is 26.5. The number of pyridine rings is 1. The number of rotatable bonds is 10. The molecule has 2 aromatic heterocycles. The van der Waals surface area contributed by atoms with Gasteiger partial charge in [-0.1, -0.05) is 23.2 Å². The first-order chi connectivity index (χ1) is 16.9. The van der Waals surface area contributed by atoms with E-state index in [1.807, 2.05) is 16.8 Å². The number of aryl methyl sites for hydroxylation is 1. The molecule has 36 heavy (non-hydrogen) atoms. The standard InChI is InChI=1S/C24H32Cl2N4O4S2/c1-16-12-20(25)28-23(26)22(16)24(32)27-8-4-17(2)29-9-5-19(6-10-29)30(13-18-7-11-35-14-18)21(31)15-36(3,33)34/h7,11-12,14,17,19H,4-6,8-10,13,15H2,1-3H3,(H,27,32)/t17-/m1/s1. The van der Waals surface area contributed by atoms with Gasteiger partial charge < -0.3 is 15.1 Å². The normalized spacial score (nSPS) is 16.0. The molecule has 2 amide bonds. The van der Waals surface area contributed by atoms with E-state index in [1.54, 1.807) is 29.2 Å². The first-order valence-electron chi connectivity index (χ1n) is 11.8. The Hall–Kier alpha value is -1.72. The highest BCUT2D eigenvalue weighted by Crippen LogP contribution is 2.23. The van der Waals surface area contributed by atoms with Crippen molar-refractivity contribution in [1.82, 2.24) is 20.1 Å². The lowest BCUT2D eigenvalue weighted by Crippen LogP contribution is -2.50. The predicted octanol–water partition coefficient (Wildman–Crippen LogP) is 3.80. The van der Waals surface area contributed by atoms with E-state index in [9.17, 15) is 18.0 Å². The summed E-state index contributed by atoms with van der Waals surface area (Å²) in [6, 6.07) is 3.79. The van der Waals surface area contributed by atoms with Gasteiger partial charge in [0.25, 0.3) is 5.91 Å². The molecule has 0 bridgehead atoms. The smallest absolute Gasteiger partial charge is 0.254 e. The highest BCUT2D eigenvalue weighted by atomic mass is 35.5. The number of carbonyl (C=O) groups is 2. The van der Waals surface area contributed by atoms with Crippen molar-refractivity contribution in [3.63, 3.8) is 0 Å². The van der Waals surface area contributed by atoms with Gasteiger partial charge in [0.2, 0.25) is 5.91 Å². The molecule has 1 N–H and O–H groups in total. The van der Waals surface area contributed by atoms with Crippen molar-refractivity contribution in [3.05, 3.63) is 49.9 Å². The number of likely N-dealkylation sites (tertiary alicyclic amines) is 1. The summed E-state index contributed by atoms with van der Waals surface area (Å²) in [5.74, 6) is -1.09. The van der Waals surface area contributed by atoms with Crippen LogP contribution in [0.5, 0.6) is 0 Å². The molecule has 1 atom stereocenters. The number of aromatic nitrogens is 1. The molecule has 0 saturated carbocycles. The van der Waals surface area contributed by atoms with Gasteiger partial charge in [0, 0.05) is 44.5 Å². The highest BCUT2D eigenvalue weighted by Gasteiger charge is 2.31. The van der Waals surface area contributed by atoms with Gasteiger partial charge in [-0.05, 0) is 67.1 Å². The van der Waals surface area contributed by atoms with Crippen molar-refractivity contribution in [2.45, 2.75) is 51.7 Å². The molecule has 0 spiro atoms. The number of carbonyl (C=O) groups excluding carboxylic acids is 2. The summed E-state index contributed by atoms with van der Waals surface area (Å²) in [7, 11) is -3.41. The number of hydrogen-bond acceptors (Lipinski definition) is 7. The van der Waals surface area contributed by atoms with E-state index in [0.29, 0.717) is 24.2 Å². The molecule has 0 radical (unpaired) electrons. The molecule has 8 nitrogen and oxygen atoms in total. The van der Waals surface area contributed by atoms with E-state index < -0.39 is 15.6 Å². The lowest BCUT2D eigenvalue weighted by molar-refractivity contribution is -0.132. The van der Waals surface area contributed by atoms with Crippen LogP contribution in [0.2, 0.25) is 10.3 Å². The molecular formula is C24H32Cl2N4O4S2. The maximum absolute atomic E-state index is 12.9. The van der Waals surface area contributed by atoms with Crippen LogP contribution in [-0.4, -0.2) is 78.7 Å². The minimum atomic E-state index is -3.41. The van der Waals surface area contributed by atoms with E-state index in [4.69, 9.17) is 23.2 Å². The van der Waals surface area contributed by atoms with Crippen LogP contribution in [-0.2, 0) is 21.2 Å². The third-order valence-corrected chi connectivity index (χ3v) is 8.39. The summed E-state index contributed by atoms with van der Waals surface area (Å²) in [6.07, 6.45) is 3.37. The summed E-state index contributed by atoms with van der Waals surface area (Å²) in [4.78, 5) is 33.5. The number of nitrogens with one attached hydrogen (secondary N) is 1. The average molecular weight is 576 g/mol. The molecule has 1 saturated heterocycles. The summed E-state index contributed by atoms with van der Waals surface area (Å²) in [5.41, 5.74) is 2.02. The molecule has 1 aliphatic rings. The lowest BCUT2D eigenvalue weighted by Gasteiger charge is -2.40. The quantitative estimate of drug-likeness (QED) is 0.433. The van der Waals surface area contributed by atoms with Crippen molar-refractivity contribution in [2.24, 2.45) is 0 Å². The van der Waals surface area contributed by atoms with Crippen LogP contribution in [0.3, 0.4) is 0 Å². The van der Waals surface area contributed by atoms with Crippen molar-refractivity contribution >= 4 is 56.2 Å². The maximum atomic E-state index is 12.9. The number of thiophene rings is 1. The molecule has 12 heteroatoms. The van der Waals surface area contributed by atoms with E-state index in [1.165, 1.54) is 0 Å². The monoisotopic (exact) mass is 574 g/mol. The average Bonchev–Trinajstić information content (AvgIpc) is 3.29. The summed E-state index contributed by atoms with van der Waals surface area (Å²) < 4.78 is 23.5. The summed E-state index contributed by atoms with van der Waals surface area (Å²) in [6.45, 7) is 6.37. The van der Waals surface area contributed by atoms with Gasteiger partial charge in [-0.25, -0.2) is 13.4 Å². The van der Waals surface area contributed by atoms with Crippen LogP contribution in [0.1, 0.15) is 47.7 Å². The molecule has 2 aromatic rings. The maximum Gasteiger partial charge on any atom is 0.254 e. The van der Waals surface area contributed by atoms with Crippen LogP contribution in [0, 0.1) is 6.92 Å². The Kier molecular flexibility index (Phi) is 10.2. The predicted molar refractivity (Wildman–Crippen MR) is 145 cm³/mol. The molecule has 1 fully saturated rings. The van der Waals surface area contributed by atoms with Crippen molar-refractivity contribution in [3.8, 4) is 0 Å². The zero-order valence-corrected chi connectivity index (χ0v) is 23.8. The Morgan fingerprint density at radius 3 is 2.58 bits per heavy atom. The molecule has 0 aliphatic carbocycles. The van der Waals surface area contributed by atoms with Gasteiger partial charge in [-0.2, -0.15) is 11.3 Å². The molecule has 0 unspecified atom stereocenters. The van der Waals surface area contributed by atoms with Gasteiger partial charge in [-0.15, -0.1) is 0 Å². The van der Waals surface area contributed by atoms with E-state index in [2.05, 4.69) is 22.1 Å². The van der Waals surface area contributed by atoms with E-state index in [0.717, 1.165) is 44.2 Å². The van der Waals surface area contributed by atoms with Crippen LogP contribution in [0.15, 0.2) is 22.9 Å². The van der Waals surface area contributed by atoms with E-state index in [-0.39, 0.29) is 34.2 Å². The Morgan fingerprint density at radius 1 is 1.31 bits per heavy atom. The van der Waals surface area contributed by atoms with Crippen LogP contribution < -0.4 is 5.32 Å². The van der Waals surface area contributed by atoms with Gasteiger partial charge in [-0.3, -0.25) is 9.59 Å². The molecular weight excluding hydrogens is 543 g/mol. The minimum Gasteiger partial charge on any atom is -0.352 e. The van der Waals surface area contributed by atoms with Crippen molar-refractivity contribution in [1.29, 1.82) is 0 Å². The second-order valence-electron chi connectivity index (χ2n) is 9.31. The lowest BCUT2D eigenvalue weighted by atomic mass is 10.00. The fraction of sp³-hybridized carbons (Fsp3) is 0.542. The number of amides is 2. The zero-order valence-electron chi connectivity index (χ0n) is 20.7. The van der Waals surface area contributed by atoms with Crippen molar-refractivity contribution < 1.29 is 18.0 Å². The molecule has 1 aliphatic heterocycles. The first kappa shape index (κ1) is 28.8. The fourth-order valence-electron chi connectivity index (χ4n) is 4.48. The second kappa shape index (κ2) is 12.7. The van der Waals surface area contributed by atoms with Crippen LogP contribution in [0.4, 0.5) is 0 Å². The minimum absolute atomic E-state index is 0.00942. The number of nitrogens with zero attached hydrogens (tertiary/aromatic N) is 3.